The molecule has 0 aliphatic heterocycles. The van der Waals surface area contributed by atoms with Crippen LogP contribution in [-0.2, 0) is 17.9 Å². The van der Waals surface area contributed by atoms with Gasteiger partial charge < -0.3 is 15.2 Å². The Hall–Kier alpha value is -2.50. The number of fused-ring (bicyclic) bond motifs is 1. The zero-order valence-electron chi connectivity index (χ0n) is 16.9. The number of carboxylic acids is 1. The molecule has 3 rings (SSSR count). The van der Waals surface area contributed by atoms with Crippen molar-refractivity contribution in [3.63, 3.8) is 0 Å². The van der Waals surface area contributed by atoms with Crippen LogP contribution in [0.25, 0.3) is 10.8 Å². The van der Waals surface area contributed by atoms with Crippen LogP contribution in [0.1, 0.15) is 23.1 Å². The Balaban J connectivity index is 1.84. The summed E-state index contributed by atoms with van der Waals surface area (Å²) in [5.41, 5.74) is 3.30. The molecule has 0 aliphatic carbocycles. The topological polar surface area (TPSA) is 58.6 Å². The smallest absolute Gasteiger partial charge is 0.320 e. The highest BCUT2D eigenvalue weighted by Gasteiger charge is 2.18. The molecule has 29 heavy (non-hydrogen) atoms. The number of rotatable bonds is 10. The van der Waals surface area contributed by atoms with Gasteiger partial charge in [0, 0.05) is 12.1 Å². The van der Waals surface area contributed by atoms with Gasteiger partial charge in [-0.1, -0.05) is 60.2 Å². The number of benzene rings is 3. The summed E-state index contributed by atoms with van der Waals surface area (Å²) in [6.45, 7) is 2.98. The van der Waals surface area contributed by atoms with Crippen molar-refractivity contribution in [2.75, 3.05) is 12.0 Å². The Bertz CT molecular complexity index is 973. The lowest BCUT2D eigenvalue weighted by Gasteiger charge is -2.18. The SMILES string of the molecule is CSCCC(NCc1c(OCc2cccc(C)c2)ccc2ccccc12)C(=O)O. The molecule has 0 bridgehead atoms. The number of nitrogens with one attached hydrogen (secondary N) is 1. The van der Waals surface area contributed by atoms with E-state index in [2.05, 4.69) is 42.6 Å². The molecule has 1 unspecified atom stereocenters. The molecule has 2 N–H and O–H groups in total. The molecule has 3 aromatic carbocycles. The van der Waals surface area contributed by atoms with Gasteiger partial charge in [-0.05, 0) is 47.8 Å². The molecule has 0 saturated heterocycles. The average molecular weight is 410 g/mol. The van der Waals surface area contributed by atoms with Crippen molar-refractivity contribution in [2.24, 2.45) is 0 Å². The van der Waals surface area contributed by atoms with Crippen molar-refractivity contribution in [2.45, 2.75) is 32.5 Å². The Morgan fingerprint density at radius 1 is 1.14 bits per heavy atom. The molecule has 0 aliphatic rings. The molecular weight excluding hydrogens is 382 g/mol. The first-order valence-electron chi connectivity index (χ1n) is 9.72. The molecule has 1 atom stereocenters. The Kier molecular flexibility index (Phi) is 7.55. The summed E-state index contributed by atoms with van der Waals surface area (Å²) in [5, 5.41) is 14.9. The van der Waals surface area contributed by atoms with Gasteiger partial charge in [-0.2, -0.15) is 11.8 Å². The quantitative estimate of drug-likeness (QED) is 0.492. The van der Waals surface area contributed by atoms with Gasteiger partial charge in [0.2, 0.25) is 0 Å². The van der Waals surface area contributed by atoms with Crippen LogP contribution in [0.15, 0.2) is 60.7 Å². The number of thioether (sulfide) groups is 1. The van der Waals surface area contributed by atoms with E-state index in [-0.39, 0.29) is 0 Å². The van der Waals surface area contributed by atoms with Gasteiger partial charge in [0.05, 0.1) is 0 Å². The molecule has 0 spiro atoms. The van der Waals surface area contributed by atoms with E-state index in [1.54, 1.807) is 11.8 Å². The minimum Gasteiger partial charge on any atom is -0.489 e. The maximum atomic E-state index is 11.6. The summed E-state index contributed by atoms with van der Waals surface area (Å²) in [4.78, 5) is 11.6. The third kappa shape index (κ3) is 5.75. The first kappa shape index (κ1) is 21.2. The van der Waals surface area contributed by atoms with Crippen LogP contribution in [0.4, 0.5) is 0 Å². The fourth-order valence-electron chi connectivity index (χ4n) is 3.37. The van der Waals surface area contributed by atoms with Crippen LogP contribution < -0.4 is 10.1 Å². The maximum absolute atomic E-state index is 11.6. The van der Waals surface area contributed by atoms with Crippen molar-refractivity contribution >= 4 is 28.5 Å². The highest BCUT2D eigenvalue weighted by Crippen LogP contribution is 2.29. The van der Waals surface area contributed by atoms with Crippen LogP contribution in [0.2, 0.25) is 0 Å². The highest BCUT2D eigenvalue weighted by molar-refractivity contribution is 7.98. The number of aryl methyl sites for hydroxylation is 1. The summed E-state index contributed by atoms with van der Waals surface area (Å²) in [7, 11) is 0. The lowest BCUT2D eigenvalue weighted by atomic mass is 10.0. The summed E-state index contributed by atoms with van der Waals surface area (Å²) < 4.78 is 6.17. The molecule has 0 saturated carbocycles. The van der Waals surface area contributed by atoms with Gasteiger partial charge in [0.25, 0.3) is 0 Å². The Morgan fingerprint density at radius 3 is 2.72 bits per heavy atom. The monoisotopic (exact) mass is 409 g/mol. The van der Waals surface area contributed by atoms with Gasteiger partial charge in [0.1, 0.15) is 18.4 Å². The second-order valence-corrected chi connectivity index (χ2v) is 8.08. The number of hydrogen-bond acceptors (Lipinski definition) is 4. The largest absolute Gasteiger partial charge is 0.489 e. The van der Waals surface area contributed by atoms with Crippen molar-refractivity contribution in [1.29, 1.82) is 0 Å². The van der Waals surface area contributed by atoms with Crippen LogP contribution >= 0.6 is 11.8 Å². The van der Waals surface area contributed by atoms with Crippen molar-refractivity contribution < 1.29 is 14.6 Å². The van der Waals surface area contributed by atoms with E-state index in [1.807, 2.05) is 36.6 Å². The van der Waals surface area contributed by atoms with E-state index in [0.717, 1.165) is 33.4 Å². The van der Waals surface area contributed by atoms with Gasteiger partial charge in [0.15, 0.2) is 0 Å². The van der Waals surface area contributed by atoms with Crippen LogP contribution in [0, 0.1) is 6.92 Å². The molecule has 5 heteroatoms. The first-order chi connectivity index (χ1) is 14.1. The van der Waals surface area contributed by atoms with Gasteiger partial charge in [-0.25, -0.2) is 0 Å². The predicted octanol–water partition coefficient (Wildman–Crippen LogP) is 5.02. The lowest BCUT2D eigenvalue weighted by molar-refractivity contribution is -0.139. The maximum Gasteiger partial charge on any atom is 0.320 e. The van der Waals surface area contributed by atoms with Crippen molar-refractivity contribution in [3.05, 3.63) is 77.4 Å². The fourth-order valence-corrected chi connectivity index (χ4v) is 3.84. The zero-order valence-corrected chi connectivity index (χ0v) is 17.7. The summed E-state index contributed by atoms with van der Waals surface area (Å²) in [5.74, 6) is 0.768. The molecule has 0 aromatic heterocycles. The molecular formula is C24H27NO3S. The Morgan fingerprint density at radius 2 is 1.97 bits per heavy atom. The first-order valence-corrected chi connectivity index (χ1v) is 11.1. The van der Waals surface area contributed by atoms with Crippen molar-refractivity contribution in [3.8, 4) is 5.75 Å². The average Bonchev–Trinajstić information content (AvgIpc) is 2.72. The molecule has 152 valence electrons. The van der Waals surface area contributed by atoms with Gasteiger partial charge >= 0.3 is 5.97 Å². The van der Waals surface area contributed by atoms with E-state index in [0.29, 0.717) is 19.6 Å². The number of carbonyl (C=O) groups is 1. The van der Waals surface area contributed by atoms with Crippen LogP contribution in [0.3, 0.4) is 0 Å². The summed E-state index contributed by atoms with van der Waals surface area (Å²) in [6.07, 6.45) is 2.57. The third-order valence-corrected chi connectivity index (χ3v) is 5.55. The van der Waals surface area contributed by atoms with E-state index < -0.39 is 12.0 Å². The second kappa shape index (κ2) is 10.3. The van der Waals surface area contributed by atoms with Gasteiger partial charge in [-0.3, -0.25) is 4.79 Å². The van der Waals surface area contributed by atoms with E-state index in [1.165, 1.54) is 5.56 Å². The molecule has 4 nitrogen and oxygen atoms in total. The van der Waals surface area contributed by atoms with Crippen LogP contribution in [0.5, 0.6) is 5.75 Å². The van der Waals surface area contributed by atoms with Gasteiger partial charge in [-0.15, -0.1) is 0 Å². The standard InChI is InChI=1S/C24H27NO3S/c1-17-6-5-7-18(14-17)16-28-23-11-10-19-8-3-4-9-20(19)21(23)15-25-22(24(26)27)12-13-29-2/h3-11,14,22,25H,12-13,15-16H2,1-2H3,(H,26,27). The molecule has 0 amide bonds. The number of ether oxygens (including phenoxy) is 1. The normalized spacial score (nSPS) is 12.1. The summed E-state index contributed by atoms with van der Waals surface area (Å²) in [6, 6.07) is 19.8. The predicted molar refractivity (Wildman–Crippen MR) is 121 cm³/mol. The molecule has 3 aromatic rings. The highest BCUT2D eigenvalue weighted by atomic mass is 32.2. The molecule has 0 heterocycles. The summed E-state index contributed by atoms with van der Waals surface area (Å²) >= 11 is 1.65. The minimum atomic E-state index is -0.818. The number of aliphatic carboxylic acids is 1. The van der Waals surface area contributed by atoms with E-state index >= 15 is 0 Å². The van der Waals surface area contributed by atoms with E-state index in [9.17, 15) is 9.90 Å². The second-order valence-electron chi connectivity index (χ2n) is 7.09. The molecule has 0 radical (unpaired) electrons. The fraction of sp³-hybridized carbons (Fsp3) is 0.292. The number of carboxylic acid groups (broad SMARTS) is 1. The number of hydrogen-bond donors (Lipinski definition) is 2. The minimum absolute atomic E-state index is 0.440. The zero-order chi connectivity index (χ0) is 20.6. The van der Waals surface area contributed by atoms with E-state index in [4.69, 9.17) is 4.74 Å². The third-order valence-electron chi connectivity index (χ3n) is 4.91. The molecule has 0 fully saturated rings. The van der Waals surface area contributed by atoms with Crippen molar-refractivity contribution in [1.82, 2.24) is 5.32 Å². The van der Waals surface area contributed by atoms with Crippen LogP contribution in [-0.4, -0.2) is 29.1 Å². The lowest BCUT2D eigenvalue weighted by Crippen LogP contribution is -2.36. The Labute approximate surface area is 176 Å².